The molecule has 1 unspecified atom stereocenters. The van der Waals surface area contributed by atoms with E-state index in [1.807, 2.05) is 6.07 Å². The van der Waals surface area contributed by atoms with Crippen LogP contribution in [0.2, 0.25) is 0 Å². The summed E-state index contributed by atoms with van der Waals surface area (Å²) in [5, 5.41) is -0.715. The van der Waals surface area contributed by atoms with Crippen molar-refractivity contribution in [2.75, 3.05) is 0 Å². The maximum atomic E-state index is 13.6. The van der Waals surface area contributed by atoms with Crippen LogP contribution in [0.4, 0.5) is 8.78 Å². The molecule has 6 rings (SSSR count). The second-order valence-electron chi connectivity index (χ2n) is 11.5. The Hall–Kier alpha value is -2.28. The third-order valence-corrected chi connectivity index (χ3v) is 11.8. The third kappa shape index (κ3) is 3.89. The topological polar surface area (TPSA) is 60.4 Å². The fourth-order valence-corrected chi connectivity index (χ4v) is 9.62. The van der Waals surface area contributed by atoms with E-state index in [0.29, 0.717) is 48.9 Å². The number of hydrogen-bond acceptors (Lipinski definition) is 4. The van der Waals surface area contributed by atoms with E-state index in [1.165, 1.54) is 11.1 Å². The molecular formula is C29H32F2O4S. The maximum absolute atomic E-state index is 13.6. The highest BCUT2D eigenvalue weighted by Gasteiger charge is 2.54. The Morgan fingerprint density at radius 3 is 2.50 bits per heavy atom. The molecule has 36 heavy (non-hydrogen) atoms. The van der Waals surface area contributed by atoms with Gasteiger partial charge in [-0.3, -0.25) is 4.79 Å². The van der Waals surface area contributed by atoms with Crippen molar-refractivity contribution in [2.45, 2.75) is 86.9 Å². The Balaban J connectivity index is 1.15. The van der Waals surface area contributed by atoms with E-state index in [4.69, 9.17) is 4.74 Å². The Kier molecular flexibility index (Phi) is 5.78. The minimum Gasteiger partial charge on any atom is -0.490 e. The molecule has 0 amide bonds. The molecule has 0 heterocycles. The molecule has 0 N–H and O–H groups in total. The molecule has 0 aliphatic heterocycles. The first-order valence-electron chi connectivity index (χ1n) is 13.2. The summed E-state index contributed by atoms with van der Waals surface area (Å²) in [5.41, 5.74) is 2.57. The van der Waals surface area contributed by atoms with Gasteiger partial charge in [0.25, 0.3) is 0 Å². The molecule has 3 saturated carbocycles. The highest BCUT2D eigenvalue weighted by atomic mass is 32.2. The van der Waals surface area contributed by atoms with Crippen LogP contribution in [0, 0.1) is 28.9 Å². The molecule has 4 aliphatic carbocycles. The van der Waals surface area contributed by atoms with E-state index in [-0.39, 0.29) is 16.4 Å². The number of sulfone groups is 1. The first-order chi connectivity index (χ1) is 17.1. The summed E-state index contributed by atoms with van der Waals surface area (Å²) in [6.45, 7) is 2.19. The van der Waals surface area contributed by atoms with Gasteiger partial charge in [-0.1, -0.05) is 13.0 Å². The van der Waals surface area contributed by atoms with Gasteiger partial charge >= 0.3 is 0 Å². The number of Topliss-reactive ketones (excluding diaryl/α,β-unsaturated/α-hetero) is 1. The summed E-state index contributed by atoms with van der Waals surface area (Å²) in [5.74, 6) is 0.998. The number of fused-ring (bicyclic) bond motifs is 5. The number of carbonyl (C=O) groups excluding carboxylic acids is 1. The van der Waals surface area contributed by atoms with Crippen LogP contribution in [0.25, 0.3) is 0 Å². The minimum absolute atomic E-state index is 0.127. The largest absolute Gasteiger partial charge is 0.490 e. The summed E-state index contributed by atoms with van der Waals surface area (Å²) in [6, 6.07) is 8.75. The van der Waals surface area contributed by atoms with Crippen LogP contribution in [-0.2, 0) is 21.1 Å². The van der Waals surface area contributed by atoms with Crippen molar-refractivity contribution < 1.29 is 26.7 Å². The summed E-state index contributed by atoms with van der Waals surface area (Å²) < 4.78 is 59.4. The predicted octanol–water partition coefficient (Wildman–Crippen LogP) is 6.16. The zero-order valence-corrected chi connectivity index (χ0v) is 21.3. The van der Waals surface area contributed by atoms with Crippen molar-refractivity contribution in [3.63, 3.8) is 0 Å². The van der Waals surface area contributed by atoms with Crippen LogP contribution in [0.5, 0.6) is 5.75 Å². The van der Waals surface area contributed by atoms with Gasteiger partial charge in [0.1, 0.15) is 29.3 Å². The standard InChI is InChI=1S/C29H32F2O4S/c1-29-11-10-25-24-7-4-20(12-17(24)2-6-26(25)27(29)8-9-28(29)32)35-21-3-5-22(16-21)36(33,34)23-14-18(30)13-19(31)15-23/h4,7,12-15,21-22,25-27H,2-3,5-6,8-11,16H2,1H3/t21-,22?,25-,26-,27+,29+/m1/s1. The van der Waals surface area contributed by atoms with E-state index in [1.54, 1.807) is 0 Å². The fraction of sp³-hybridized carbons (Fsp3) is 0.552. The minimum atomic E-state index is -3.84. The number of hydrogen-bond donors (Lipinski definition) is 0. The van der Waals surface area contributed by atoms with Crippen molar-refractivity contribution in [1.29, 1.82) is 0 Å². The van der Waals surface area contributed by atoms with E-state index in [2.05, 4.69) is 19.1 Å². The third-order valence-electron chi connectivity index (χ3n) is 9.65. The van der Waals surface area contributed by atoms with Crippen molar-refractivity contribution in [2.24, 2.45) is 17.3 Å². The van der Waals surface area contributed by atoms with Gasteiger partial charge in [0.2, 0.25) is 0 Å². The lowest BCUT2D eigenvalue weighted by Crippen LogP contribution is -2.42. The summed E-state index contributed by atoms with van der Waals surface area (Å²) >= 11 is 0. The molecule has 3 fully saturated rings. The molecule has 0 bridgehead atoms. The Morgan fingerprint density at radius 1 is 0.944 bits per heavy atom. The van der Waals surface area contributed by atoms with Crippen molar-refractivity contribution in [3.05, 3.63) is 59.2 Å². The van der Waals surface area contributed by atoms with Gasteiger partial charge in [-0.2, -0.15) is 0 Å². The lowest BCUT2D eigenvalue weighted by molar-refractivity contribution is -0.129. The van der Waals surface area contributed by atoms with Crippen molar-refractivity contribution in [3.8, 4) is 5.75 Å². The monoisotopic (exact) mass is 514 g/mol. The van der Waals surface area contributed by atoms with E-state index >= 15 is 0 Å². The van der Waals surface area contributed by atoms with Gasteiger partial charge in [0.05, 0.1) is 10.1 Å². The molecule has 0 radical (unpaired) electrons. The highest BCUT2D eigenvalue weighted by Crippen LogP contribution is 2.59. The smallest absolute Gasteiger partial charge is 0.181 e. The van der Waals surface area contributed by atoms with Crippen LogP contribution in [0.3, 0.4) is 0 Å². The normalized spacial score (nSPS) is 33.6. The molecule has 0 spiro atoms. The van der Waals surface area contributed by atoms with Crippen molar-refractivity contribution in [1.82, 2.24) is 0 Å². The van der Waals surface area contributed by atoms with Gasteiger partial charge in [-0.05, 0) is 98.1 Å². The first kappa shape index (κ1) is 24.1. The maximum Gasteiger partial charge on any atom is 0.181 e. The van der Waals surface area contributed by atoms with Gasteiger partial charge in [-0.15, -0.1) is 0 Å². The predicted molar refractivity (Wildman–Crippen MR) is 132 cm³/mol. The number of halogens is 2. The molecule has 2 aromatic carbocycles. The van der Waals surface area contributed by atoms with E-state index < -0.39 is 26.7 Å². The number of ether oxygens (including phenoxy) is 1. The number of benzene rings is 2. The lowest BCUT2D eigenvalue weighted by Gasteiger charge is -2.48. The molecule has 4 nitrogen and oxygen atoms in total. The van der Waals surface area contributed by atoms with Gasteiger partial charge < -0.3 is 4.74 Å². The number of carbonyl (C=O) groups is 1. The van der Waals surface area contributed by atoms with Crippen molar-refractivity contribution >= 4 is 15.6 Å². The first-order valence-corrected chi connectivity index (χ1v) is 14.7. The quantitative estimate of drug-likeness (QED) is 0.490. The van der Waals surface area contributed by atoms with Gasteiger partial charge in [-0.25, -0.2) is 17.2 Å². The highest BCUT2D eigenvalue weighted by molar-refractivity contribution is 7.92. The summed E-state index contributed by atoms with van der Waals surface area (Å²) in [4.78, 5) is 12.3. The zero-order chi connectivity index (χ0) is 25.2. The number of ketones is 1. The SMILES string of the molecule is C[C@]12CC[C@@H]3c4ccc(O[C@@H]5CCC(S(=O)(=O)c6cc(F)cc(F)c6)C5)cc4CC[C@H]3[C@@H]1CCC2=O. The average molecular weight is 515 g/mol. The van der Waals surface area contributed by atoms with Crippen LogP contribution in [-0.4, -0.2) is 25.6 Å². The molecule has 0 aromatic heterocycles. The number of aryl methyl sites for hydroxylation is 1. The van der Waals surface area contributed by atoms with Gasteiger partial charge in [0, 0.05) is 24.3 Å². The summed E-state index contributed by atoms with van der Waals surface area (Å²) in [7, 11) is -3.84. The van der Waals surface area contributed by atoms with Crippen LogP contribution in [0.15, 0.2) is 41.3 Å². The second kappa shape index (κ2) is 8.64. The molecule has 2 aromatic rings. The summed E-state index contributed by atoms with van der Waals surface area (Å²) in [6.07, 6.45) is 6.90. The van der Waals surface area contributed by atoms with E-state index in [9.17, 15) is 22.0 Å². The van der Waals surface area contributed by atoms with Crippen LogP contribution < -0.4 is 4.74 Å². The fourth-order valence-electron chi connectivity index (χ4n) is 7.77. The average Bonchev–Trinajstić information content (AvgIpc) is 3.43. The van der Waals surface area contributed by atoms with Gasteiger partial charge in [0.15, 0.2) is 9.84 Å². The molecule has 4 aliphatic rings. The van der Waals surface area contributed by atoms with Crippen LogP contribution >= 0.6 is 0 Å². The Bertz CT molecular complexity index is 1300. The second-order valence-corrected chi connectivity index (χ2v) is 13.7. The molecule has 0 saturated heterocycles. The Labute approximate surface area is 211 Å². The van der Waals surface area contributed by atoms with E-state index in [0.717, 1.165) is 56.4 Å². The molecular weight excluding hydrogens is 482 g/mol. The Morgan fingerprint density at radius 2 is 1.72 bits per heavy atom. The molecule has 7 heteroatoms. The molecule has 6 atom stereocenters. The molecule has 192 valence electrons. The zero-order valence-electron chi connectivity index (χ0n) is 20.5. The lowest BCUT2D eigenvalue weighted by atomic mass is 9.55. The number of rotatable bonds is 4. The van der Waals surface area contributed by atoms with Crippen LogP contribution in [0.1, 0.15) is 75.3 Å².